The minimum Gasteiger partial charge on any atom is -0.370 e. The molecular formula is C18H27N3O3. The summed E-state index contributed by atoms with van der Waals surface area (Å²) in [5.41, 5.74) is 0.937. The van der Waals surface area contributed by atoms with Gasteiger partial charge >= 0.3 is 0 Å². The number of pyridine rings is 1. The lowest BCUT2D eigenvalue weighted by molar-refractivity contribution is -0.151. The fourth-order valence-corrected chi connectivity index (χ4v) is 3.45. The van der Waals surface area contributed by atoms with Crippen LogP contribution in [0.15, 0.2) is 24.4 Å². The third-order valence-electron chi connectivity index (χ3n) is 4.99. The summed E-state index contributed by atoms with van der Waals surface area (Å²) in [6.07, 6.45) is 5.55. The molecule has 0 aromatic carbocycles. The SMILES string of the molecule is CON1CCC(CC(=O)N2CCC(OCc3ccccn3)C2)CC1. The van der Waals surface area contributed by atoms with Crippen LogP contribution in [0.3, 0.4) is 0 Å². The van der Waals surface area contributed by atoms with Crippen molar-refractivity contribution in [2.24, 2.45) is 5.92 Å². The monoisotopic (exact) mass is 333 g/mol. The lowest BCUT2D eigenvalue weighted by Gasteiger charge is -2.30. The first-order valence-corrected chi connectivity index (χ1v) is 8.83. The summed E-state index contributed by atoms with van der Waals surface area (Å²) in [6.45, 7) is 3.88. The van der Waals surface area contributed by atoms with Gasteiger partial charge < -0.3 is 14.5 Å². The number of ether oxygens (including phenoxy) is 1. The van der Waals surface area contributed by atoms with Crippen LogP contribution < -0.4 is 0 Å². The topological polar surface area (TPSA) is 54.9 Å². The molecule has 1 aromatic heterocycles. The van der Waals surface area contributed by atoms with E-state index in [0.717, 1.165) is 44.6 Å². The number of carbonyl (C=O) groups is 1. The molecule has 1 aromatic rings. The molecule has 1 atom stereocenters. The van der Waals surface area contributed by atoms with Crippen LogP contribution in [0.5, 0.6) is 0 Å². The van der Waals surface area contributed by atoms with E-state index in [2.05, 4.69) is 4.98 Å². The zero-order valence-corrected chi connectivity index (χ0v) is 14.4. The van der Waals surface area contributed by atoms with Gasteiger partial charge in [-0.15, -0.1) is 0 Å². The Bertz CT molecular complexity index is 518. The van der Waals surface area contributed by atoms with Gasteiger partial charge in [-0.1, -0.05) is 6.07 Å². The minimum atomic E-state index is 0.131. The molecule has 2 saturated heterocycles. The summed E-state index contributed by atoms with van der Waals surface area (Å²) in [5.74, 6) is 0.757. The molecule has 0 radical (unpaired) electrons. The van der Waals surface area contributed by atoms with Crippen molar-refractivity contribution in [2.75, 3.05) is 33.3 Å². The number of amides is 1. The maximum Gasteiger partial charge on any atom is 0.222 e. The molecule has 132 valence electrons. The Kier molecular flexibility index (Phi) is 6.18. The van der Waals surface area contributed by atoms with Crippen LogP contribution >= 0.6 is 0 Å². The summed E-state index contributed by atoms with van der Waals surface area (Å²) in [6, 6.07) is 5.83. The van der Waals surface area contributed by atoms with Gasteiger partial charge in [0.15, 0.2) is 0 Å². The predicted octanol–water partition coefficient (Wildman–Crippen LogP) is 1.86. The highest BCUT2D eigenvalue weighted by Crippen LogP contribution is 2.23. The van der Waals surface area contributed by atoms with Crippen molar-refractivity contribution in [3.05, 3.63) is 30.1 Å². The van der Waals surface area contributed by atoms with E-state index in [1.807, 2.05) is 28.2 Å². The quantitative estimate of drug-likeness (QED) is 0.795. The second kappa shape index (κ2) is 8.55. The highest BCUT2D eigenvalue weighted by molar-refractivity contribution is 5.76. The van der Waals surface area contributed by atoms with E-state index < -0.39 is 0 Å². The highest BCUT2D eigenvalue weighted by atomic mass is 16.7. The van der Waals surface area contributed by atoms with Crippen molar-refractivity contribution < 1.29 is 14.4 Å². The van der Waals surface area contributed by atoms with Crippen molar-refractivity contribution in [2.45, 2.75) is 38.4 Å². The summed E-state index contributed by atoms with van der Waals surface area (Å²) in [7, 11) is 1.71. The molecule has 24 heavy (non-hydrogen) atoms. The number of nitrogens with zero attached hydrogens (tertiary/aromatic N) is 3. The summed E-state index contributed by atoms with van der Waals surface area (Å²) >= 11 is 0. The van der Waals surface area contributed by atoms with Crippen LogP contribution in [-0.2, 0) is 21.0 Å². The molecule has 0 aliphatic carbocycles. The van der Waals surface area contributed by atoms with Gasteiger partial charge in [-0.25, -0.2) is 0 Å². The van der Waals surface area contributed by atoms with Gasteiger partial charge in [0.1, 0.15) is 0 Å². The molecule has 0 spiro atoms. The van der Waals surface area contributed by atoms with Crippen LogP contribution in [0.4, 0.5) is 0 Å². The third-order valence-corrected chi connectivity index (χ3v) is 4.99. The number of hydroxylamine groups is 2. The number of hydrogen-bond donors (Lipinski definition) is 0. The van der Waals surface area contributed by atoms with Crippen LogP contribution in [-0.4, -0.2) is 60.2 Å². The molecule has 3 heterocycles. The average molecular weight is 333 g/mol. The first kappa shape index (κ1) is 17.3. The van der Waals surface area contributed by atoms with Crippen LogP contribution in [0.25, 0.3) is 0 Å². The van der Waals surface area contributed by atoms with E-state index in [1.54, 1.807) is 13.3 Å². The number of hydrogen-bond acceptors (Lipinski definition) is 5. The third kappa shape index (κ3) is 4.75. The van der Waals surface area contributed by atoms with E-state index in [9.17, 15) is 4.79 Å². The number of likely N-dealkylation sites (tertiary alicyclic amines) is 1. The first-order valence-electron chi connectivity index (χ1n) is 8.83. The standard InChI is InChI=1S/C18H27N3O3/c1-23-21-10-5-15(6-11-21)12-18(22)20-9-7-17(13-20)24-14-16-4-2-3-8-19-16/h2-4,8,15,17H,5-7,9-14H2,1H3. The maximum absolute atomic E-state index is 12.5. The Balaban J connectivity index is 1.38. The van der Waals surface area contributed by atoms with E-state index in [1.165, 1.54) is 0 Å². The van der Waals surface area contributed by atoms with Crippen molar-refractivity contribution in [3.8, 4) is 0 Å². The Labute approximate surface area is 143 Å². The molecule has 6 nitrogen and oxygen atoms in total. The normalized spacial score (nSPS) is 22.9. The zero-order chi connectivity index (χ0) is 16.8. The first-order chi connectivity index (χ1) is 11.7. The molecule has 3 rings (SSSR count). The van der Waals surface area contributed by atoms with Crippen LogP contribution in [0, 0.1) is 5.92 Å². The Morgan fingerprint density at radius 1 is 1.25 bits per heavy atom. The van der Waals surface area contributed by atoms with Gasteiger partial charge in [-0.05, 0) is 37.3 Å². The smallest absolute Gasteiger partial charge is 0.222 e. The molecule has 6 heteroatoms. The summed E-state index contributed by atoms with van der Waals surface area (Å²) < 4.78 is 5.91. The van der Waals surface area contributed by atoms with E-state index >= 15 is 0 Å². The second-order valence-electron chi connectivity index (χ2n) is 6.64. The van der Waals surface area contributed by atoms with E-state index in [-0.39, 0.29) is 12.0 Å². The average Bonchev–Trinajstić information content (AvgIpc) is 3.11. The van der Waals surface area contributed by atoms with Crippen molar-refractivity contribution in [3.63, 3.8) is 0 Å². The number of rotatable bonds is 6. The number of piperidine rings is 1. The minimum absolute atomic E-state index is 0.131. The summed E-state index contributed by atoms with van der Waals surface area (Å²) in [5, 5.41) is 1.97. The number of carbonyl (C=O) groups excluding carboxylic acids is 1. The highest BCUT2D eigenvalue weighted by Gasteiger charge is 2.29. The molecule has 2 aliphatic rings. The molecule has 0 N–H and O–H groups in total. The van der Waals surface area contributed by atoms with Gasteiger partial charge in [0.2, 0.25) is 5.91 Å². The maximum atomic E-state index is 12.5. The lowest BCUT2D eigenvalue weighted by Crippen LogP contribution is -2.36. The molecular weight excluding hydrogens is 306 g/mol. The molecule has 0 bridgehead atoms. The Morgan fingerprint density at radius 2 is 2.08 bits per heavy atom. The van der Waals surface area contributed by atoms with Gasteiger partial charge in [-0.2, -0.15) is 5.06 Å². The molecule has 2 aliphatic heterocycles. The zero-order valence-electron chi connectivity index (χ0n) is 14.4. The number of aromatic nitrogens is 1. The Morgan fingerprint density at radius 3 is 2.79 bits per heavy atom. The van der Waals surface area contributed by atoms with Crippen LogP contribution in [0.2, 0.25) is 0 Å². The van der Waals surface area contributed by atoms with E-state index in [0.29, 0.717) is 25.5 Å². The summed E-state index contributed by atoms with van der Waals surface area (Å²) in [4.78, 5) is 24.0. The molecule has 1 unspecified atom stereocenters. The van der Waals surface area contributed by atoms with Crippen molar-refractivity contribution in [1.82, 2.24) is 14.9 Å². The van der Waals surface area contributed by atoms with Crippen molar-refractivity contribution >= 4 is 5.91 Å². The lowest BCUT2D eigenvalue weighted by atomic mass is 9.94. The van der Waals surface area contributed by atoms with Crippen LogP contribution in [0.1, 0.15) is 31.4 Å². The Hall–Kier alpha value is -1.50. The largest absolute Gasteiger partial charge is 0.370 e. The fourth-order valence-electron chi connectivity index (χ4n) is 3.45. The van der Waals surface area contributed by atoms with Gasteiger partial charge in [0, 0.05) is 38.8 Å². The van der Waals surface area contributed by atoms with Gasteiger partial charge in [0.25, 0.3) is 0 Å². The fraction of sp³-hybridized carbons (Fsp3) is 0.667. The molecule has 2 fully saturated rings. The molecule has 1 amide bonds. The van der Waals surface area contributed by atoms with Gasteiger partial charge in [0.05, 0.1) is 25.5 Å². The van der Waals surface area contributed by atoms with Crippen molar-refractivity contribution in [1.29, 1.82) is 0 Å². The second-order valence-corrected chi connectivity index (χ2v) is 6.64. The predicted molar refractivity (Wildman–Crippen MR) is 89.9 cm³/mol. The van der Waals surface area contributed by atoms with E-state index in [4.69, 9.17) is 9.57 Å². The molecule has 0 saturated carbocycles. The van der Waals surface area contributed by atoms with Gasteiger partial charge in [-0.3, -0.25) is 9.78 Å².